The Labute approximate surface area is 202 Å². The topological polar surface area (TPSA) is 101 Å². The lowest BCUT2D eigenvalue weighted by Gasteiger charge is -2.31. The molecular weight excluding hydrogens is 458 g/mol. The minimum Gasteiger partial charge on any atom is -0.378 e. The van der Waals surface area contributed by atoms with Crippen molar-refractivity contribution in [2.45, 2.75) is 13.8 Å². The summed E-state index contributed by atoms with van der Waals surface area (Å²) in [4.78, 5) is 41.4. The number of carbonyl (C=O) groups excluding carboxylic acids is 2. The fraction of sp³-hybridized carbons (Fsp3) is 0.348. The molecule has 34 heavy (non-hydrogen) atoms. The molecule has 2 aliphatic rings. The molecule has 0 saturated carbocycles. The number of anilines is 1. The van der Waals surface area contributed by atoms with Crippen molar-refractivity contribution < 1.29 is 19.2 Å². The number of nitro benzene ring substituents is 1. The SMILES string of the molecule is Cc1cc(C=C2C(=O)N(C)C(=S)N(C)C2=O)c(C)n1-c1ccc(N2CCOCC2)c([N+](=O)[O-])c1. The largest absolute Gasteiger partial charge is 0.378 e. The highest BCUT2D eigenvalue weighted by Gasteiger charge is 2.35. The van der Waals surface area contributed by atoms with Gasteiger partial charge in [0, 0.05) is 44.6 Å². The zero-order valence-corrected chi connectivity index (χ0v) is 20.2. The molecule has 0 N–H and O–H groups in total. The van der Waals surface area contributed by atoms with Gasteiger partial charge in [0.15, 0.2) is 5.11 Å². The van der Waals surface area contributed by atoms with E-state index in [2.05, 4.69) is 0 Å². The van der Waals surface area contributed by atoms with Crippen LogP contribution in [0.15, 0.2) is 29.8 Å². The van der Waals surface area contributed by atoms with Gasteiger partial charge in [0.1, 0.15) is 11.3 Å². The van der Waals surface area contributed by atoms with Crippen molar-refractivity contribution >= 4 is 46.6 Å². The highest BCUT2D eigenvalue weighted by atomic mass is 32.1. The summed E-state index contributed by atoms with van der Waals surface area (Å²) < 4.78 is 7.24. The Kier molecular flexibility index (Phi) is 6.24. The van der Waals surface area contributed by atoms with Crippen molar-refractivity contribution in [3.05, 3.63) is 56.9 Å². The molecule has 10 nitrogen and oxygen atoms in total. The number of likely N-dealkylation sites (N-methyl/N-ethyl adjacent to an activating group) is 2. The molecule has 0 atom stereocenters. The van der Waals surface area contributed by atoms with Gasteiger partial charge >= 0.3 is 0 Å². The molecular formula is C23H25N5O5S. The molecule has 0 radical (unpaired) electrons. The van der Waals surface area contributed by atoms with Crippen LogP contribution >= 0.6 is 12.2 Å². The number of hydrogen-bond donors (Lipinski definition) is 0. The van der Waals surface area contributed by atoms with Crippen molar-refractivity contribution in [3.8, 4) is 5.69 Å². The van der Waals surface area contributed by atoms with E-state index < -0.39 is 11.8 Å². The second-order valence-corrected chi connectivity index (χ2v) is 8.63. The number of benzene rings is 1. The quantitative estimate of drug-likeness (QED) is 0.216. The molecule has 1 aromatic heterocycles. The maximum atomic E-state index is 12.7. The number of morpholine rings is 1. The highest BCUT2D eigenvalue weighted by molar-refractivity contribution is 7.80. The zero-order valence-electron chi connectivity index (χ0n) is 19.4. The predicted molar refractivity (Wildman–Crippen MR) is 131 cm³/mol. The van der Waals surface area contributed by atoms with Gasteiger partial charge < -0.3 is 14.2 Å². The number of thiocarbonyl (C=S) groups is 1. The van der Waals surface area contributed by atoms with E-state index in [4.69, 9.17) is 17.0 Å². The molecule has 2 amide bonds. The number of nitro groups is 1. The Morgan fingerprint density at radius 2 is 1.68 bits per heavy atom. The van der Waals surface area contributed by atoms with E-state index in [0.29, 0.717) is 43.2 Å². The fourth-order valence-corrected chi connectivity index (χ4v) is 4.50. The second-order valence-electron chi connectivity index (χ2n) is 8.26. The van der Waals surface area contributed by atoms with Crippen molar-refractivity contribution in [2.24, 2.45) is 0 Å². The molecule has 3 heterocycles. The van der Waals surface area contributed by atoms with E-state index in [0.717, 1.165) is 11.4 Å². The Bertz CT molecular complexity index is 1220. The van der Waals surface area contributed by atoms with Crippen molar-refractivity contribution in [1.29, 1.82) is 0 Å². The minimum absolute atomic E-state index is 0.00694. The van der Waals surface area contributed by atoms with Gasteiger partial charge in [-0.2, -0.15) is 0 Å². The number of aromatic nitrogens is 1. The van der Waals surface area contributed by atoms with Gasteiger partial charge in [0.05, 0.1) is 23.8 Å². The molecule has 0 unspecified atom stereocenters. The van der Waals surface area contributed by atoms with Crippen LogP contribution in [0.25, 0.3) is 11.8 Å². The van der Waals surface area contributed by atoms with Gasteiger partial charge in [-0.25, -0.2) is 0 Å². The predicted octanol–water partition coefficient (Wildman–Crippen LogP) is 2.44. The first kappa shape index (κ1) is 23.6. The Hall–Kier alpha value is -3.57. The van der Waals surface area contributed by atoms with Crippen LogP contribution in [0.2, 0.25) is 0 Å². The van der Waals surface area contributed by atoms with Crippen LogP contribution in [0.1, 0.15) is 17.0 Å². The third-order valence-electron chi connectivity index (χ3n) is 6.18. The molecule has 2 aromatic rings. The Balaban J connectivity index is 1.76. The molecule has 11 heteroatoms. The van der Waals surface area contributed by atoms with E-state index in [-0.39, 0.29) is 21.3 Å². The number of hydrogen-bond acceptors (Lipinski definition) is 7. The van der Waals surface area contributed by atoms with Gasteiger partial charge in [0.25, 0.3) is 17.5 Å². The first-order valence-corrected chi connectivity index (χ1v) is 11.1. The fourth-order valence-electron chi connectivity index (χ4n) is 4.33. The average molecular weight is 484 g/mol. The molecule has 4 rings (SSSR count). The first-order chi connectivity index (χ1) is 16.1. The summed E-state index contributed by atoms with van der Waals surface area (Å²) in [5, 5.41) is 12.0. The van der Waals surface area contributed by atoms with Crippen LogP contribution in [0.5, 0.6) is 0 Å². The van der Waals surface area contributed by atoms with E-state index in [1.165, 1.54) is 23.9 Å². The lowest BCUT2D eigenvalue weighted by atomic mass is 10.1. The lowest BCUT2D eigenvalue weighted by Crippen LogP contribution is -2.52. The van der Waals surface area contributed by atoms with Crippen LogP contribution < -0.4 is 4.90 Å². The molecule has 0 spiro atoms. The number of carbonyl (C=O) groups is 2. The van der Waals surface area contributed by atoms with Gasteiger partial charge in [0.2, 0.25) is 0 Å². The molecule has 178 valence electrons. The monoisotopic (exact) mass is 483 g/mol. The first-order valence-electron chi connectivity index (χ1n) is 10.7. The summed E-state index contributed by atoms with van der Waals surface area (Å²) in [5.41, 5.74) is 3.43. The summed E-state index contributed by atoms with van der Waals surface area (Å²) in [5.74, 6) is -0.938. The van der Waals surface area contributed by atoms with Crippen molar-refractivity contribution in [3.63, 3.8) is 0 Å². The number of nitrogens with zero attached hydrogens (tertiary/aromatic N) is 5. The Morgan fingerprint density at radius 1 is 1.06 bits per heavy atom. The number of ether oxygens (including phenoxy) is 1. The van der Waals surface area contributed by atoms with Crippen LogP contribution in [-0.4, -0.2) is 76.6 Å². The van der Waals surface area contributed by atoms with E-state index in [1.807, 2.05) is 35.4 Å². The van der Waals surface area contributed by atoms with E-state index in [9.17, 15) is 19.7 Å². The maximum absolute atomic E-state index is 12.7. The van der Waals surface area contributed by atoms with Gasteiger partial charge in [-0.1, -0.05) is 0 Å². The van der Waals surface area contributed by atoms with Crippen LogP contribution in [-0.2, 0) is 14.3 Å². The number of amides is 2. The molecule has 2 saturated heterocycles. The number of rotatable bonds is 4. The molecule has 0 aliphatic carbocycles. The number of aryl methyl sites for hydroxylation is 1. The Morgan fingerprint density at radius 3 is 2.26 bits per heavy atom. The lowest BCUT2D eigenvalue weighted by molar-refractivity contribution is -0.384. The highest BCUT2D eigenvalue weighted by Crippen LogP contribution is 2.33. The second kappa shape index (κ2) is 8.99. The molecule has 0 bridgehead atoms. The molecule has 2 fully saturated rings. The van der Waals surface area contributed by atoms with Crippen molar-refractivity contribution in [1.82, 2.24) is 14.4 Å². The summed E-state index contributed by atoms with van der Waals surface area (Å²) in [6, 6.07) is 7.00. The molecule has 1 aromatic carbocycles. The van der Waals surface area contributed by atoms with E-state index >= 15 is 0 Å². The zero-order chi connectivity index (χ0) is 24.7. The third-order valence-corrected chi connectivity index (χ3v) is 6.73. The van der Waals surface area contributed by atoms with Crippen LogP contribution in [0, 0.1) is 24.0 Å². The summed E-state index contributed by atoms with van der Waals surface area (Å²) >= 11 is 5.14. The summed E-state index contributed by atoms with van der Waals surface area (Å²) in [6.07, 6.45) is 1.55. The van der Waals surface area contributed by atoms with Gasteiger partial charge in [-0.05, 0) is 55.9 Å². The minimum atomic E-state index is -0.469. The van der Waals surface area contributed by atoms with Crippen molar-refractivity contribution in [2.75, 3.05) is 45.3 Å². The van der Waals surface area contributed by atoms with E-state index in [1.54, 1.807) is 18.2 Å². The third kappa shape index (κ3) is 3.97. The van der Waals surface area contributed by atoms with Crippen LogP contribution in [0.4, 0.5) is 11.4 Å². The summed E-state index contributed by atoms with van der Waals surface area (Å²) in [7, 11) is 3.06. The smallest absolute Gasteiger partial charge is 0.294 e. The van der Waals surface area contributed by atoms with Gasteiger partial charge in [-0.15, -0.1) is 0 Å². The summed E-state index contributed by atoms with van der Waals surface area (Å²) in [6.45, 7) is 5.95. The maximum Gasteiger partial charge on any atom is 0.294 e. The standard InChI is InChI=1S/C23H25N5O5S/c1-14-11-16(12-18-21(29)24(3)23(34)25(4)22(18)30)15(2)27(14)17-5-6-19(20(13-17)28(31)32)26-7-9-33-10-8-26/h5-6,11-13H,7-10H2,1-4H3. The average Bonchev–Trinajstić information content (AvgIpc) is 3.11. The normalized spacial score (nSPS) is 17.0. The van der Waals surface area contributed by atoms with Gasteiger partial charge in [-0.3, -0.25) is 29.5 Å². The van der Waals surface area contributed by atoms with Crippen LogP contribution in [0.3, 0.4) is 0 Å². The molecule has 2 aliphatic heterocycles.